The lowest BCUT2D eigenvalue weighted by atomic mass is 9.67. The van der Waals surface area contributed by atoms with Crippen molar-refractivity contribution < 1.29 is 18.9 Å². The molecule has 2 bridgehead atoms. The normalized spacial score (nSPS) is 26.1. The first-order chi connectivity index (χ1) is 26.6. The first-order valence-electron chi connectivity index (χ1n) is 20.5. The molecule has 0 spiro atoms. The van der Waals surface area contributed by atoms with E-state index in [1.807, 2.05) is 65.3 Å². The summed E-state index contributed by atoms with van der Waals surface area (Å²) < 4.78 is 24.8. The Labute approximate surface area is 330 Å². The van der Waals surface area contributed by atoms with Crippen molar-refractivity contribution in [1.82, 2.24) is 0 Å². The van der Waals surface area contributed by atoms with Gasteiger partial charge in [0.15, 0.2) is 5.60 Å². The van der Waals surface area contributed by atoms with Crippen molar-refractivity contribution in [2.75, 3.05) is 21.3 Å². The Hall–Kier alpha value is -4.70. The first kappa shape index (κ1) is 40.0. The largest absolute Gasteiger partial charge is 0.497 e. The fraction of sp³-hybridized carbons (Fsp3) is 0.412. The monoisotopic (exact) mass is 738 g/mol. The topological polar surface area (TPSA) is 36.9 Å². The van der Waals surface area contributed by atoms with Gasteiger partial charge in [-0.15, -0.1) is 0 Å². The zero-order valence-electron chi connectivity index (χ0n) is 35.1. The molecule has 290 valence electrons. The summed E-state index contributed by atoms with van der Waals surface area (Å²) in [5.74, 6) is 4.05. The molecule has 3 unspecified atom stereocenters. The molecule has 8 rings (SSSR count). The van der Waals surface area contributed by atoms with Gasteiger partial charge in [-0.2, -0.15) is 0 Å². The molecule has 1 heterocycles. The van der Waals surface area contributed by atoms with Crippen LogP contribution < -0.4 is 24.6 Å². The summed E-state index contributed by atoms with van der Waals surface area (Å²) in [7, 11) is 5.23. The molecule has 55 heavy (non-hydrogen) atoms. The molecule has 4 aromatic carbocycles. The molecular formula is C51H62O4. The summed E-state index contributed by atoms with van der Waals surface area (Å²) in [6.45, 7) is 17.5. The predicted molar refractivity (Wildman–Crippen MR) is 228 cm³/mol. The Morgan fingerprint density at radius 2 is 1.35 bits per heavy atom. The number of fused-ring (bicyclic) bond motifs is 6. The quantitative estimate of drug-likeness (QED) is 0.197. The molecule has 0 aromatic heterocycles. The lowest BCUT2D eigenvalue weighted by Gasteiger charge is -2.38. The third-order valence-corrected chi connectivity index (χ3v) is 12.5. The lowest BCUT2D eigenvalue weighted by Crippen LogP contribution is -2.37. The fourth-order valence-electron chi connectivity index (χ4n) is 10.3. The van der Waals surface area contributed by atoms with Crippen LogP contribution >= 0.6 is 0 Å². The van der Waals surface area contributed by atoms with E-state index >= 15 is 0 Å². The van der Waals surface area contributed by atoms with Gasteiger partial charge in [0, 0.05) is 27.3 Å². The van der Waals surface area contributed by atoms with Crippen LogP contribution in [0.5, 0.6) is 17.2 Å². The zero-order valence-corrected chi connectivity index (χ0v) is 35.1. The maximum absolute atomic E-state index is 7.27. The standard InChI is InChI=1S/C47H50O4.2C2H6/c1-30-24-32-21-22-46(27-30,28-32)41-26-39-33(25-42(41)50-7)29-51-47(34-12-16-36(48-5)17-13-34,35-14-18-37(49-6)19-15-35)23-20-31(2)44-43(39)38-10-8-9-11-40(38)45(44,3)4;2*1-2/h8-20,23,25-26,29-30,32H,21-22,24,27-28H2,1-7H3;2*1-2H3/b23-20-,33-29+,43-39-,44-31-;;. The molecule has 0 radical (unpaired) electrons. The fourth-order valence-corrected chi connectivity index (χ4v) is 10.3. The van der Waals surface area contributed by atoms with Crippen molar-refractivity contribution in [2.24, 2.45) is 11.8 Å². The third kappa shape index (κ3) is 6.91. The SMILES string of the molecule is CC.CC.COc1ccc(C2(c3ccc(OC)cc3)\C=C/C(C)=C3/C(=c4/cc(C56CCC(CC(C)C5)C6)c(OC)c/c4=C\O2)c2ccccc2C3(C)C)cc1. The second-order valence-corrected chi connectivity index (χ2v) is 15.9. The van der Waals surface area contributed by atoms with E-state index in [4.69, 9.17) is 18.9 Å². The van der Waals surface area contributed by atoms with Crippen molar-refractivity contribution >= 4 is 11.8 Å². The van der Waals surface area contributed by atoms with Gasteiger partial charge in [0.25, 0.3) is 0 Å². The van der Waals surface area contributed by atoms with Crippen LogP contribution in [-0.4, -0.2) is 21.3 Å². The molecule has 2 fully saturated rings. The maximum Gasteiger partial charge on any atom is 0.177 e. The van der Waals surface area contributed by atoms with Crippen molar-refractivity contribution in [3.63, 3.8) is 0 Å². The second kappa shape index (κ2) is 16.2. The number of hydrogen-bond donors (Lipinski definition) is 0. The number of benzene rings is 4. The van der Waals surface area contributed by atoms with Crippen LogP contribution in [0.15, 0.2) is 108 Å². The molecule has 4 aromatic rings. The zero-order chi connectivity index (χ0) is 39.5. The molecule has 4 heteroatoms. The number of ether oxygens (including phenoxy) is 4. The van der Waals surface area contributed by atoms with Crippen LogP contribution in [0.3, 0.4) is 0 Å². The summed E-state index contributed by atoms with van der Waals surface area (Å²) in [6.07, 6.45) is 12.8. The van der Waals surface area contributed by atoms with E-state index in [1.54, 1.807) is 14.2 Å². The Morgan fingerprint density at radius 3 is 1.95 bits per heavy atom. The molecule has 4 aliphatic rings. The van der Waals surface area contributed by atoms with Crippen LogP contribution in [0.25, 0.3) is 11.8 Å². The Balaban J connectivity index is 0.00000125. The molecule has 0 N–H and O–H groups in total. The Kier molecular flexibility index (Phi) is 11.8. The van der Waals surface area contributed by atoms with E-state index in [9.17, 15) is 0 Å². The van der Waals surface area contributed by atoms with Gasteiger partial charge in [-0.25, -0.2) is 0 Å². The van der Waals surface area contributed by atoms with Gasteiger partial charge in [-0.05, 0) is 132 Å². The van der Waals surface area contributed by atoms with Gasteiger partial charge in [-0.1, -0.05) is 103 Å². The third-order valence-electron chi connectivity index (χ3n) is 12.5. The molecule has 3 aliphatic carbocycles. The molecule has 1 aliphatic heterocycles. The van der Waals surface area contributed by atoms with Crippen molar-refractivity contribution in [1.29, 1.82) is 0 Å². The van der Waals surface area contributed by atoms with Crippen LogP contribution in [0.1, 0.15) is 115 Å². The Bertz CT molecular complexity index is 2120. The molecule has 3 atom stereocenters. The van der Waals surface area contributed by atoms with Gasteiger partial charge >= 0.3 is 0 Å². The average Bonchev–Trinajstić information content (AvgIpc) is 3.67. The molecule has 4 nitrogen and oxygen atoms in total. The second-order valence-electron chi connectivity index (χ2n) is 15.9. The lowest BCUT2D eigenvalue weighted by molar-refractivity contribution is 0.140. The molecule has 0 saturated heterocycles. The number of methoxy groups -OCH3 is 3. The predicted octanol–water partition coefficient (Wildman–Crippen LogP) is 11.3. The smallest absolute Gasteiger partial charge is 0.177 e. The first-order valence-corrected chi connectivity index (χ1v) is 20.5. The van der Waals surface area contributed by atoms with Crippen LogP contribution in [0.2, 0.25) is 0 Å². The maximum atomic E-state index is 7.27. The average molecular weight is 739 g/mol. The van der Waals surface area contributed by atoms with E-state index in [-0.39, 0.29) is 10.8 Å². The van der Waals surface area contributed by atoms with Crippen LogP contribution in [0, 0.1) is 11.8 Å². The number of allylic oxidation sites excluding steroid dienone is 3. The number of hydrogen-bond acceptors (Lipinski definition) is 4. The van der Waals surface area contributed by atoms with Gasteiger partial charge in [0.05, 0.1) is 27.6 Å². The van der Waals surface area contributed by atoms with Crippen molar-refractivity contribution in [2.45, 2.75) is 104 Å². The van der Waals surface area contributed by atoms with Gasteiger partial charge < -0.3 is 18.9 Å². The highest BCUT2D eigenvalue weighted by Crippen LogP contribution is 2.56. The minimum absolute atomic E-state index is 0.127. The van der Waals surface area contributed by atoms with Crippen molar-refractivity contribution in [3.8, 4) is 17.2 Å². The van der Waals surface area contributed by atoms with E-state index in [1.165, 1.54) is 70.7 Å². The summed E-state index contributed by atoms with van der Waals surface area (Å²) in [6, 6.07) is 30.2. The van der Waals surface area contributed by atoms with E-state index in [0.29, 0.717) is 5.92 Å². The van der Waals surface area contributed by atoms with E-state index in [2.05, 4.69) is 101 Å². The van der Waals surface area contributed by atoms with E-state index < -0.39 is 5.60 Å². The number of rotatable bonds is 6. The van der Waals surface area contributed by atoms with Gasteiger partial charge in [0.1, 0.15) is 17.2 Å². The minimum atomic E-state index is -0.952. The van der Waals surface area contributed by atoms with Crippen LogP contribution in [-0.2, 0) is 21.2 Å². The van der Waals surface area contributed by atoms with Crippen LogP contribution in [0.4, 0.5) is 0 Å². The highest BCUT2D eigenvalue weighted by atomic mass is 16.5. The highest BCUT2D eigenvalue weighted by Gasteiger charge is 2.47. The minimum Gasteiger partial charge on any atom is -0.497 e. The highest BCUT2D eigenvalue weighted by molar-refractivity contribution is 5.90. The molecule has 0 amide bonds. The molecule has 2 saturated carbocycles. The van der Waals surface area contributed by atoms with Crippen molar-refractivity contribution in [3.05, 3.63) is 146 Å². The molecular weight excluding hydrogens is 677 g/mol. The summed E-state index contributed by atoms with van der Waals surface area (Å²) in [5.41, 5.74) is 8.84. The Morgan fingerprint density at radius 1 is 0.727 bits per heavy atom. The van der Waals surface area contributed by atoms with E-state index in [0.717, 1.165) is 39.5 Å². The van der Waals surface area contributed by atoms with Gasteiger partial charge in [-0.3, -0.25) is 0 Å². The summed E-state index contributed by atoms with van der Waals surface area (Å²) in [5, 5.41) is 2.22. The summed E-state index contributed by atoms with van der Waals surface area (Å²) in [4.78, 5) is 0. The van der Waals surface area contributed by atoms with Gasteiger partial charge in [0.2, 0.25) is 0 Å². The summed E-state index contributed by atoms with van der Waals surface area (Å²) >= 11 is 0.